The van der Waals surface area contributed by atoms with Gasteiger partial charge in [-0.2, -0.15) is 0 Å². The molecule has 0 aromatic heterocycles. The molecule has 0 amide bonds. The second kappa shape index (κ2) is 7.29. The Morgan fingerprint density at radius 1 is 0.722 bits per heavy atom. The number of hydrogen-bond donors (Lipinski definition) is 0. The molecule has 0 spiro atoms. The van der Waals surface area contributed by atoms with Gasteiger partial charge in [-0.15, -0.1) is 0 Å². The smallest absolute Gasteiger partial charge is 0.0260 e. The summed E-state index contributed by atoms with van der Waals surface area (Å²) in [6.07, 6.45) is 3.70. The third kappa shape index (κ3) is 4.84. The van der Waals surface area contributed by atoms with Gasteiger partial charge in [-0.3, -0.25) is 0 Å². The molecule has 18 heavy (non-hydrogen) atoms. The highest BCUT2D eigenvalue weighted by atomic mass is 13.9. The van der Waals surface area contributed by atoms with Crippen LogP contribution in [0.1, 0.15) is 22.3 Å². The highest BCUT2D eigenvalue weighted by molar-refractivity contribution is 5.47. The van der Waals surface area contributed by atoms with E-state index < -0.39 is 0 Å². The average Bonchev–Trinajstić information content (AvgIpc) is 2.40. The van der Waals surface area contributed by atoms with Crippen LogP contribution in [0.25, 0.3) is 12.2 Å². The van der Waals surface area contributed by atoms with Crippen molar-refractivity contribution in [1.29, 1.82) is 0 Å². The SMILES string of the molecule is C=Cc1ccc(C)cc1.C=Cc1cccc(C)c1. The minimum Gasteiger partial charge on any atom is -0.0985 e. The first-order valence-electron chi connectivity index (χ1n) is 6.04. The molecule has 2 rings (SSSR count). The summed E-state index contributed by atoms with van der Waals surface area (Å²) < 4.78 is 0. The van der Waals surface area contributed by atoms with Crippen molar-refractivity contribution >= 4 is 12.2 Å². The molecule has 0 saturated heterocycles. The van der Waals surface area contributed by atoms with Crippen LogP contribution in [0.5, 0.6) is 0 Å². The monoisotopic (exact) mass is 236 g/mol. The largest absolute Gasteiger partial charge is 0.0985 e. The summed E-state index contributed by atoms with van der Waals surface area (Å²) in [5.74, 6) is 0. The zero-order chi connectivity index (χ0) is 13.4. The molecule has 0 atom stereocenters. The predicted octanol–water partition coefficient (Wildman–Crippen LogP) is 5.28. The van der Waals surface area contributed by atoms with Crippen LogP contribution >= 0.6 is 0 Å². The van der Waals surface area contributed by atoms with Gasteiger partial charge in [0, 0.05) is 0 Å². The summed E-state index contributed by atoms with van der Waals surface area (Å²) in [6, 6.07) is 16.5. The molecule has 0 bridgehead atoms. The zero-order valence-electron chi connectivity index (χ0n) is 11.2. The van der Waals surface area contributed by atoms with E-state index in [1.165, 1.54) is 22.3 Å². The lowest BCUT2D eigenvalue weighted by atomic mass is 10.1. The van der Waals surface area contributed by atoms with Crippen molar-refractivity contribution in [3.8, 4) is 0 Å². The molecular weight excluding hydrogens is 216 g/mol. The van der Waals surface area contributed by atoms with Crippen molar-refractivity contribution in [2.24, 2.45) is 0 Å². The Bertz CT molecular complexity index is 504. The van der Waals surface area contributed by atoms with Gasteiger partial charge in [0.1, 0.15) is 0 Å². The fraction of sp³-hybridized carbons (Fsp3) is 0.111. The van der Waals surface area contributed by atoms with Crippen molar-refractivity contribution < 1.29 is 0 Å². The summed E-state index contributed by atoms with van der Waals surface area (Å²) in [5, 5.41) is 0. The first-order valence-corrected chi connectivity index (χ1v) is 6.04. The van der Waals surface area contributed by atoms with Crippen LogP contribution < -0.4 is 0 Å². The Hall–Kier alpha value is -2.08. The summed E-state index contributed by atoms with van der Waals surface area (Å²) in [7, 11) is 0. The Morgan fingerprint density at radius 2 is 1.33 bits per heavy atom. The van der Waals surface area contributed by atoms with E-state index >= 15 is 0 Å². The van der Waals surface area contributed by atoms with Gasteiger partial charge in [-0.25, -0.2) is 0 Å². The third-order valence-electron chi connectivity index (χ3n) is 2.59. The van der Waals surface area contributed by atoms with Crippen LogP contribution in [-0.4, -0.2) is 0 Å². The van der Waals surface area contributed by atoms with Gasteiger partial charge in [0.2, 0.25) is 0 Å². The van der Waals surface area contributed by atoms with Crippen molar-refractivity contribution in [1.82, 2.24) is 0 Å². The molecule has 0 nitrogen and oxygen atoms in total. The molecule has 0 radical (unpaired) electrons. The van der Waals surface area contributed by atoms with Crippen LogP contribution in [0.4, 0.5) is 0 Å². The normalized spacial score (nSPS) is 9.00. The van der Waals surface area contributed by atoms with Gasteiger partial charge in [0.05, 0.1) is 0 Å². The molecule has 0 unspecified atom stereocenters. The van der Waals surface area contributed by atoms with Crippen LogP contribution in [0.15, 0.2) is 61.7 Å². The lowest BCUT2D eigenvalue weighted by Gasteiger charge is -1.92. The molecule has 92 valence electrons. The number of rotatable bonds is 2. The fourth-order valence-corrected chi connectivity index (χ4v) is 1.50. The van der Waals surface area contributed by atoms with E-state index in [9.17, 15) is 0 Å². The Morgan fingerprint density at radius 3 is 1.78 bits per heavy atom. The van der Waals surface area contributed by atoms with Crippen molar-refractivity contribution in [2.45, 2.75) is 13.8 Å². The van der Waals surface area contributed by atoms with Crippen LogP contribution in [-0.2, 0) is 0 Å². The number of benzene rings is 2. The van der Waals surface area contributed by atoms with E-state index in [1.54, 1.807) is 0 Å². The second-order valence-electron chi connectivity index (χ2n) is 4.23. The van der Waals surface area contributed by atoms with E-state index in [-0.39, 0.29) is 0 Å². The highest BCUT2D eigenvalue weighted by Gasteiger charge is 1.83. The molecule has 0 fully saturated rings. The summed E-state index contributed by atoms with van der Waals surface area (Å²) in [6.45, 7) is 11.5. The van der Waals surface area contributed by atoms with Gasteiger partial charge >= 0.3 is 0 Å². The molecule has 0 aliphatic heterocycles. The van der Waals surface area contributed by atoms with Gasteiger partial charge in [0.25, 0.3) is 0 Å². The molecule has 0 heterocycles. The van der Waals surface area contributed by atoms with E-state index in [1.807, 2.05) is 24.3 Å². The Balaban J connectivity index is 0.000000180. The molecule has 0 N–H and O–H groups in total. The highest BCUT2D eigenvalue weighted by Crippen LogP contribution is 2.04. The summed E-state index contributed by atoms with van der Waals surface area (Å²) in [4.78, 5) is 0. The summed E-state index contributed by atoms with van der Waals surface area (Å²) >= 11 is 0. The summed E-state index contributed by atoms with van der Waals surface area (Å²) in [5.41, 5.74) is 4.95. The maximum atomic E-state index is 3.67. The van der Waals surface area contributed by atoms with Gasteiger partial charge in [-0.1, -0.05) is 85.0 Å². The lowest BCUT2D eigenvalue weighted by molar-refractivity contribution is 1.46. The van der Waals surface area contributed by atoms with Crippen LogP contribution in [0.3, 0.4) is 0 Å². The minimum absolute atomic E-state index is 1.18. The quantitative estimate of drug-likeness (QED) is 0.665. The van der Waals surface area contributed by atoms with E-state index in [4.69, 9.17) is 0 Å². The van der Waals surface area contributed by atoms with Crippen LogP contribution in [0.2, 0.25) is 0 Å². The molecule has 2 aromatic carbocycles. The molecule has 2 aromatic rings. The van der Waals surface area contributed by atoms with E-state index in [0.29, 0.717) is 0 Å². The predicted molar refractivity (Wildman–Crippen MR) is 82.5 cm³/mol. The molecule has 0 saturated carbocycles. The standard InChI is InChI=1S/2C9H10/c1-3-9-6-4-8(2)5-7-9;1-3-9-6-4-5-8(2)7-9/h2*3-7H,1H2,2H3. The maximum absolute atomic E-state index is 3.67. The van der Waals surface area contributed by atoms with Crippen LogP contribution in [0, 0.1) is 13.8 Å². The first kappa shape index (κ1) is 14.0. The molecular formula is C18H20. The minimum atomic E-state index is 1.18. The van der Waals surface area contributed by atoms with Crippen molar-refractivity contribution in [2.75, 3.05) is 0 Å². The van der Waals surface area contributed by atoms with Gasteiger partial charge in [-0.05, 0) is 25.0 Å². The van der Waals surface area contributed by atoms with Crippen molar-refractivity contribution in [3.05, 3.63) is 83.9 Å². The maximum Gasteiger partial charge on any atom is -0.0260 e. The van der Waals surface area contributed by atoms with E-state index in [2.05, 4.69) is 63.4 Å². The third-order valence-corrected chi connectivity index (χ3v) is 2.59. The number of hydrogen-bond acceptors (Lipinski definition) is 0. The van der Waals surface area contributed by atoms with Gasteiger partial charge < -0.3 is 0 Å². The average molecular weight is 236 g/mol. The van der Waals surface area contributed by atoms with E-state index in [0.717, 1.165) is 0 Å². The Kier molecular flexibility index (Phi) is 5.66. The zero-order valence-corrected chi connectivity index (χ0v) is 11.2. The topological polar surface area (TPSA) is 0 Å². The molecule has 0 aliphatic carbocycles. The Labute approximate surface area is 110 Å². The number of aryl methyl sites for hydroxylation is 2. The second-order valence-corrected chi connectivity index (χ2v) is 4.23. The molecule has 0 aliphatic rings. The molecule has 0 heteroatoms. The lowest BCUT2D eigenvalue weighted by Crippen LogP contribution is -1.72. The fourth-order valence-electron chi connectivity index (χ4n) is 1.50. The van der Waals surface area contributed by atoms with Crippen molar-refractivity contribution in [3.63, 3.8) is 0 Å². The van der Waals surface area contributed by atoms with Gasteiger partial charge in [0.15, 0.2) is 0 Å². The first-order chi connectivity index (χ1) is 8.65.